The van der Waals surface area contributed by atoms with Gasteiger partial charge in [0.1, 0.15) is 0 Å². The van der Waals surface area contributed by atoms with E-state index in [4.69, 9.17) is 0 Å². The van der Waals surface area contributed by atoms with Crippen LogP contribution < -0.4 is 26.2 Å². The van der Waals surface area contributed by atoms with Crippen molar-refractivity contribution in [3.63, 3.8) is 0 Å². The van der Waals surface area contributed by atoms with Crippen LogP contribution in [0.2, 0.25) is 0 Å². The zero-order chi connectivity index (χ0) is 85.2. The summed E-state index contributed by atoms with van der Waals surface area (Å²) in [6, 6.07) is 150. The maximum Gasteiger partial charge on any atom is 0.252 e. The van der Waals surface area contributed by atoms with Gasteiger partial charge in [0.05, 0.1) is 33.4 Å². The van der Waals surface area contributed by atoms with Gasteiger partial charge in [-0.2, -0.15) is 0 Å². The Balaban J connectivity index is 0.894. The van der Waals surface area contributed by atoms with Crippen LogP contribution in [0.1, 0.15) is 79.0 Å². The Morgan fingerprint density at radius 3 is 0.654 bits per heavy atom. The van der Waals surface area contributed by atoms with Gasteiger partial charge in [0.2, 0.25) is 0 Å². The van der Waals surface area contributed by atoms with Gasteiger partial charge in [-0.25, -0.2) is 0 Å². The summed E-state index contributed by atoms with van der Waals surface area (Å²) in [6.45, 7) is 21.2. The molecule has 127 heavy (non-hydrogen) atoms. The van der Waals surface area contributed by atoms with Crippen molar-refractivity contribution >= 4 is 187 Å². The highest BCUT2D eigenvalue weighted by Gasteiger charge is 2.47. The van der Waals surface area contributed by atoms with E-state index in [1.165, 1.54) is 163 Å². The second-order valence-electron chi connectivity index (χ2n) is 38.5. The molecule has 0 unspecified atom stereocenters. The Labute approximate surface area is 740 Å². The van der Waals surface area contributed by atoms with Crippen molar-refractivity contribution in [3.05, 3.63) is 405 Å². The van der Waals surface area contributed by atoms with Crippen LogP contribution in [-0.2, 0) is 16.2 Å². The van der Waals surface area contributed by atoms with Crippen LogP contribution in [0.3, 0.4) is 0 Å². The molecule has 2 aliphatic heterocycles. The van der Waals surface area contributed by atoms with Crippen molar-refractivity contribution in [2.24, 2.45) is 0 Å². The quantitative estimate of drug-likeness (QED) is 0.111. The SMILES string of the molecule is CC(C)(C)c1cc(-c2ccccc2)c(N2c3cc(-n4c5c6ccccc6c6ccccc6c5c5c6ccccc6c6ccccc6c54)ccc3B3c4ccc(-n5c6c7ccccc7c7ccccc7c6c6c7ccccc7c7ccccc7c65)cc4N(c4c(-c5ccccc5)cc(C(C)(C)C)cc4-c4ccccc4)c4cc(C(C)(C)C)cc2c43)c(-c2ccccc2)c1. The molecule has 0 saturated heterocycles. The minimum Gasteiger partial charge on any atom is -0.310 e. The third-order valence-electron chi connectivity index (χ3n) is 28.2. The predicted octanol–water partition coefficient (Wildman–Crippen LogP) is 31.7. The minimum atomic E-state index is -0.406. The van der Waals surface area contributed by atoms with Crippen molar-refractivity contribution in [2.45, 2.75) is 78.6 Å². The van der Waals surface area contributed by atoms with E-state index in [-0.39, 0.29) is 17.5 Å². The van der Waals surface area contributed by atoms with E-state index >= 15 is 0 Å². The number of nitrogens with zero attached hydrogens (tertiary/aromatic N) is 4. The molecule has 5 heteroatoms. The molecule has 23 aromatic rings. The van der Waals surface area contributed by atoms with Crippen LogP contribution >= 0.6 is 0 Å². The molecule has 21 aromatic carbocycles. The van der Waals surface area contributed by atoms with E-state index in [1.54, 1.807) is 0 Å². The van der Waals surface area contributed by atoms with Gasteiger partial charge < -0.3 is 18.9 Å². The summed E-state index contributed by atoms with van der Waals surface area (Å²) in [6.07, 6.45) is 0. The first kappa shape index (κ1) is 74.6. The standard InChI is InChI=1S/C122H91BN4/c1-120(2,3)78-66-99(74-38-14-10-15-39-74)114(100(67-78)75-40-16-11-17-41-75)126-105-72-81(124-116-95-58-34-26-50-87(95)83-46-22-30-54-91(83)109(116)110-92-55-31-23-47-84(92)88-51-27-35-59-96(88)117(110)124)62-64-103(105)123-104-65-63-82(125-118-97-60-36-28-52-89(97)85-48-24-32-56-93(85)111(118)112-94-57-33-25-49-86(94)90-53-29-37-61-98(90)119(112)125)73-106(104)127(108-71-80(122(7,8)9)70-107(126)113(108)123)115-101(76-42-18-12-19-43-76)68-79(121(4,5)6)69-102(115)77-44-20-13-21-45-77/h10-73H,1-9H3. The second-order valence-corrected chi connectivity index (χ2v) is 38.5. The number of fused-ring (bicyclic) bond motifs is 30. The Hall–Kier alpha value is -15.0. The van der Waals surface area contributed by atoms with Crippen molar-refractivity contribution in [1.29, 1.82) is 0 Å². The molecule has 0 aliphatic carbocycles. The van der Waals surface area contributed by atoms with E-state index in [1.807, 2.05) is 0 Å². The molecule has 0 fully saturated rings. The summed E-state index contributed by atoms with van der Waals surface area (Å²) in [7, 11) is 0. The third kappa shape index (κ3) is 11.1. The number of rotatable bonds is 8. The Kier molecular flexibility index (Phi) is 16.3. The Bertz CT molecular complexity index is 7750. The highest BCUT2D eigenvalue weighted by Crippen LogP contribution is 2.58. The van der Waals surface area contributed by atoms with Gasteiger partial charge in [0, 0.05) is 99.5 Å². The molecule has 0 amide bonds. The maximum absolute atomic E-state index is 2.79. The fraction of sp³-hybridized carbons (Fsp3) is 0.0984. The topological polar surface area (TPSA) is 16.3 Å². The van der Waals surface area contributed by atoms with E-state index in [2.05, 4.69) is 469 Å². The van der Waals surface area contributed by atoms with Crippen molar-refractivity contribution in [1.82, 2.24) is 9.13 Å². The number of hydrogen-bond donors (Lipinski definition) is 0. The summed E-state index contributed by atoms with van der Waals surface area (Å²) in [5.74, 6) is 0. The first-order valence-electron chi connectivity index (χ1n) is 45.0. The van der Waals surface area contributed by atoms with Crippen molar-refractivity contribution < 1.29 is 0 Å². The molecular formula is C122H91BN4. The molecule has 4 nitrogen and oxygen atoms in total. The average Bonchev–Trinajstić information content (AvgIpc) is 1.57. The van der Waals surface area contributed by atoms with E-state index < -0.39 is 5.41 Å². The molecule has 25 rings (SSSR count). The first-order valence-corrected chi connectivity index (χ1v) is 45.0. The second kappa shape index (κ2) is 27.7. The molecule has 0 atom stereocenters. The normalized spacial score (nSPS) is 13.0. The lowest BCUT2D eigenvalue weighted by Crippen LogP contribution is -2.61. The molecule has 2 aliphatic rings. The van der Waals surface area contributed by atoms with Gasteiger partial charge in [0.15, 0.2) is 0 Å². The van der Waals surface area contributed by atoms with Gasteiger partial charge in [-0.15, -0.1) is 0 Å². The first-order chi connectivity index (χ1) is 62.0. The minimum absolute atomic E-state index is 0.245. The number of hydrogen-bond acceptors (Lipinski definition) is 2. The lowest BCUT2D eigenvalue weighted by Gasteiger charge is -2.47. The predicted molar refractivity (Wildman–Crippen MR) is 547 cm³/mol. The summed E-state index contributed by atoms with van der Waals surface area (Å²) in [4.78, 5) is 5.57. The molecule has 0 saturated carbocycles. The van der Waals surface area contributed by atoms with Crippen LogP contribution in [0.15, 0.2) is 388 Å². The van der Waals surface area contributed by atoms with Crippen LogP contribution in [0, 0.1) is 0 Å². The zero-order valence-electron chi connectivity index (χ0n) is 72.8. The van der Waals surface area contributed by atoms with E-state index in [0.717, 1.165) is 90.0 Å². The lowest BCUT2D eigenvalue weighted by molar-refractivity contribution is 0.590. The van der Waals surface area contributed by atoms with Gasteiger partial charge in [-0.05, 0) is 197 Å². The summed E-state index contributed by atoms with van der Waals surface area (Å²) in [5.41, 5.74) is 29.3. The highest BCUT2D eigenvalue weighted by molar-refractivity contribution is 7.00. The van der Waals surface area contributed by atoms with Crippen LogP contribution in [0.5, 0.6) is 0 Å². The number of benzene rings is 21. The van der Waals surface area contributed by atoms with Crippen LogP contribution in [0.4, 0.5) is 34.1 Å². The monoisotopic (exact) mass is 1620 g/mol. The fourth-order valence-corrected chi connectivity index (χ4v) is 22.3. The highest BCUT2D eigenvalue weighted by atomic mass is 15.2. The van der Waals surface area contributed by atoms with Gasteiger partial charge in [0.25, 0.3) is 6.71 Å². The van der Waals surface area contributed by atoms with E-state index in [0.29, 0.717) is 0 Å². The number of anilines is 6. The van der Waals surface area contributed by atoms with Crippen LogP contribution in [-0.4, -0.2) is 15.8 Å². The molecule has 2 aromatic heterocycles. The van der Waals surface area contributed by atoms with Crippen molar-refractivity contribution in [3.8, 4) is 55.9 Å². The van der Waals surface area contributed by atoms with Crippen molar-refractivity contribution in [2.75, 3.05) is 9.80 Å². The Morgan fingerprint density at radius 1 is 0.197 bits per heavy atom. The van der Waals surface area contributed by atoms with Gasteiger partial charge in [-0.1, -0.05) is 390 Å². The zero-order valence-corrected chi connectivity index (χ0v) is 72.8. The maximum atomic E-state index is 2.79. The largest absolute Gasteiger partial charge is 0.310 e. The number of aromatic nitrogens is 2. The third-order valence-corrected chi connectivity index (χ3v) is 28.2. The molecular weight excluding hydrogens is 1530 g/mol. The molecule has 0 radical (unpaired) electrons. The van der Waals surface area contributed by atoms with Gasteiger partial charge in [-0.3, -0.25) is 0 Å². The summed E-state index contributed by atoms with van der Waals surface area (Å²) in [5, 5.41) is 24.7. The molecule has 4 heterocycles. The van der Waals surface area contributed by atoms with E-state index in [9.17, 15) is 0 Å². The fourth-order valence-electron chi connectivity index (χ4n) is 22.3. The Morgan fingerprint density at radius 2 is 0.409 bits per heavy atom. The lowest BCUT2D eigenvalue weighted by atomic mass is 9.33. The van der Waals surface area contributed by atoms with Crippen LogP contribution in [0.25, 0.3) is 186 Å². The molecule has 0 spiro atoms. The molecule has 602 valence electrons. The smallest absolute Gasteiger partial charge is 0.252 e. The summed E-state index contributed by atoms with van der Waals surface area (Å²) < 4.78 is 5.40. The van der Waals surface area contributed by atoms with Gasteiger partial charge >= 0.3 is 0 Å². The molecule has 0 bridgehead atoms. The molecule has 0 N–H and O–H groups in total. The average molecular weight is 1620 g/mol. The summed E-state index contributed by atoms with van der Waals surface area (Å²) >= 11 is 0.